The first-order chi connectivity index (χ1) is 27.2. The third-order valence-corrected chi connectivity index (χ3v) is 9.70. The third-order valence-electron chi connectivity index (χ3n) is 9.70. The third kappa shape index (κ3) is 11.2. The Labute approximate surface area is 324 Å². The van der Waals surface area contributed by atoms with E-state index in [1.165, 1.54) is 0 Å². The minimum Gasteiger partial charge on any atom is -0.374 e. The number of hydrogen-bond donors (Lipinski definition) is 0. The van der Waals surface area contributed by atoms with Crippen molar-refractivity contribution in [3.63, 3.8) is 0 Å². The molecule has 0 spiro atoms. The zero-order valence-electron chi connectivity index (χ0n) is 31.2. The number of ether oxygens (including phenoxy) is 9. The molecular weight excluding hydrogens is 696 g/mol. The maximum absolute atomic E-state index is 6.94. The molecule has 288 valence electrons. The summed E-state index contributed by atoms with van der Waals surface area (Å²) in [5.74, 6) is 0. The highest BCUT2D eigenvalue weighted by molar-refractivity contribution is 5.17. The van der Waals surface area contributed by atoms with Crippen LogP contribution < -0.4 is 0 Å². The molecule has 0 unspecified atom stereocenters. The van der Waals surface area contributed by atoms with Crippen molar-refractivity contribution in [1.29, 1.82) is 0 Å². The van der Waals surface area contributed by atoms with Crippen LogP contribution in [0.5, 0.6) is 0 Å². The zero-order valence-corrected chi connectivity index (χ0v) is 31.2. The highest BCUT2D eigenvalue weighted by Crippen LogP contribution is 2.35. The van der Waals surface area contributed by atoms with Crippen molar-refractivity contribution in [2.45, 2.75) is 82.2 Å². The lowest BCUT2D eigenvalue weighted by atomic mass is 10.1. The summed E-state index contributed by atoms with van der Waals surface area (Å²) < 4.78 is 58.5. The van der Waals surface area contributed by atoms with Crippen LogP contribution in [0.25, 0.3) is 0 Å². The molecule has 2 heterocycles. The fraction of sp³-hybridized carbons (Fsp3) is 0.348. The van der Waals surface area contributed by atoms with Crippen molar-refractivity contribution in [1.82, 2.24) is 0 Å². The topological polar surface area (TPSA) is 83.1 Å². The second-order valence-corrected chi connectivity index (χ2v) is 13.7. The molecule has 9 nitrogen and oxygen atoms in total. The van der Waals surface area contributed by atoms with E-state index >= 15 is 0 Å². The van der Waals surface area contributed by atoms with Gasteiger partial charge in [-0.05, 0) is 27.8 Å². The van der Waals surface area contributed by atoms with Gasteiger partial charge in [0.15, 0.2) is 12.6 Å². The van der Waals surface area contributed by atoms with Crippen LogP contribution in [0, 0.1) is 0 Å². The minimum absolute atomic E-state index is 0.262. The summed E-state index contributed by atoms with van der Waals surface area (Å²) >= 11 is 0. The fourth-order valence-corrected chi connectivity index (χ4v) is 6.86. The Kier molecular flexibility index (Phi) is 14.6. The number of methoxy groups -OCH3 is 1. The maximum atomic E-state index is 6.94. The highest BCUT2D eigenvalue weighted by Gasteiger charge is 2.53. The fourth-order valence-electron chi connectivity index (χ4n) is 6.86. The molecule has 8 atom stereocenters. The van der Waals surface area contributed by atoms with E-state index in [-0.39, 0.29) is 13.2 Å². The van der Waals surface area contributed by atoms with Gasteiger partial charge in [-0.3, -0.25) is 0 Å². The first-order valence-electron chi connectivity index (χ1n) is 18.9. The molecule has 7 rings (SSSR count). The summed E-state index contributed by atoms with van der Waals surface area (Å²) in [5.41, 5.74) is 5.21. The van der Waals surface area contributed by atoms with E-state index in [0.29, 0.717) is 33.0 Å². The molecule has 2 fully saturated rings. The molecule has 0 radical (unpaired) electrons. The number of rotatable bonds is 20. The maximum Gasteiger partial charge on any atom is 0.187 e. The second kappa shape index (κ2) is 20.6. The van der Waals surface area contributed by atoms with E-state index in [1.54, 1.807) is 7.11 Å². The van der Waals surface area contributed by atoms with Gasteiger partial charge >= 0.3 is 0 Å². The average molecular weight is 747 g/mol. The Morgan fingerprint density at radius 3 is 1.09 bits per heavy atom. The molecule has 0 N–H and O–H groups in total. The first-order valence-corrected chi connectivity index (χ1v) is 18.9. The van der Waals surface area contributed by atoms with Crippen LogP contribution in [0.3, 0.4) is 0 Å². The molecule has 0 bridgehead atoms. The lowest BCUT2D eigenvalue weighted by Gasteiger charge is -2.30. The van der Waals surface area contributed by atoms with Crippen molar-refractivity contribution >= 4 is 0 Å². The summed E-state index contributed by atoms with van der Waals surface area (Å²) in [4.78, 5) is 0. The molecule has 2 aliphatic heterocycles. The van der Waals surface area contributed by atoms with Crippen molar-refractivity contribution in [3.8, 4) is 0 Å². The SMILES string of the molecule is CO[C@H]1O[C@H](COCc2ccccc2)[C@@H](OCc2ccccc2)[C@@H]1O[C@@H]1O[C@H](COCc2ccccc2)[C@@H](OCc2ccccc2)[C@@H]1OCc1ccccc1. The predicted molar refractivity (Wildman–Crippen MR) is 206 cm³/mol. The van der Waals surface area contributed by atoms with Crippen LogP contribution in [-0.2, 0) is 75.7 Å². The molecule has 0 aromatic heterocycles. The summed E-state index contributed by atoms with van der Waals surface area (Å²) in [6.45, 7) is 2.43. The van der Waals surface area contributed by atoms with Gasteiger partial charge in [-0.25, -0.2) is 0 Å². The summed E-state index contributed by atoms with van der Waals surface area (Å²) in [7, 11) is 1.60. The highest BCUT2D eigenvalue weighted by atomic mass is 16.8. The van der Waals surface area contributed by atoms with Crippen LogP contribution in [0.2, 0.25) is 0 Å². The standard InChI is InChI=1S/C46H50O9/c1-47-45-44(42(51-30-37-23-13-5-14-24-37)40(53-45)33-49-28-35-19-9-3-10-20-35)55-46-43(52-31-38-25-15-6-16-26-38)41(50-29-36-21-11-4-12-22-36)39(54-46)32-48-27-34-17-7-2-8-18-34/h2-26,39-46H,27-33H2,1H3/t39-,40-,41-,42-,43+,44+,45+,46+/m1/s1. The molecule has 2 aliphatic rings. The van der Waals surface area contributed by atoms with Crippen LogP contribution >= 0.6 is 0 Å². The van der Waals surface area contributed by atoms with E-state index in [4.69, 9.17) is 42.6 Å². The quantitative estimate of drug-likeness (QED) is 0.0798. The van der Waals surface area contributed by atoms with Crippen molar-refractivity contribution in [3.05, 3.63) is 179 Å². The Balaban J connectivity index is 1.13. The van der Waals surface area contributed by atoms with Gasteiger partial charge in [0.25, 0.3) is 0 Å². The van der Waals surface area contributed by atoms with Gasteiger partial charge in [0, 0.05) is 7.11 Å². The van der Waals surface area contributed by atoms with Crippen molar-refractivity contribution in [2.75, 3.05) is 20.3 Å². The van der Waals surface area contributed by atoms with Gasteiger partial charge in [-0.1, -0.05) is 152 Å². The lowest BCUT2D eigenvalue weighted by Crippen LogP contribution is -2.45. The van der Waals surface area contributed by atoms with Gasteiger partial charge in [0.05, 0.1) is 46.2 Å². The van der Waals surface area contributed by atoms with E-state index < -0.39 is 49.2 Å². The Hall–Kier alpha value is -4.26. The lowest BCUT2D eigenvalue weighted by molar-refractivity contribution is -0.251. The van der Waals surface area contributed by atoms with Gasteiger partial charge in [-0.2, -0.15) is 0 Å². The van der Waals surface area contributed by atoms with Gasteiger partial charge < -0.3 is 42.6 Å². The van der Waals surface area contributed by atoms with Crippen molar-refractivity contribution < 1.29 is 42.6 Å². The monoisotopic (exact) mass is 746 g/mol. The van der Waals surface area contributed by atoms with E-state index in [0.717, 1.165) is 27.8 Å². The predicted octanol–water partition coefficient (Wildman–Crippen LogP) is 7.66. The second-order valence-electron chi connectivity index (χ2n) is 13.7. The van der Waals surface area contributed by atoms with E-state index in [1.807, 2.05) is 152 Å². The Morgan fingerprint density at radius 1 is 0.382 bits per heavy atom. The summed E-state index contributed by atoms with van der Waals surface area (Å²) in [6, 6.07) is 50.3. The molecule has 9 heteroatoms. The van der Waals surface area contributed by atoms with Crippen LogP contribution in [0.15, 0.2) is 152 Å². The van der Waals surface area contributed by atoms with Crippen LogP contribution in [-0.4, -0.2) is 69.5 Å². The van der Waals surface area contributed by atoms with Crippen LogP contribution in [0.1, 0.15) is 27.8 Å². The summed E-state index contributed by atoms with van der Waals surface area (Å²) in [6.07, 6.45) is -5.02. The molecule has 0 aliphatic carbocycles. The normalized spacial score (nSPS) is 25.0. The molecular formula is C46H50O9. The molecule has 0 amide bonds. The smallest absolute Gasteiger partial charge is 0.187 e. The summed E-state index contributed by atoms with van der Waals surface area (Å²) in [5, 5.41) is 0. The van der Waals surface area contributed by atoms with Gasteiger partial charge in [0.1, 0.15) is 36.6 Å². The molecule has 2 saturated heterocycles. The van der Waals surface area contributed by atoms with Crippen molar-refractivity contribution in [2.24, 2.45) is 0 Å². The Morgan fingerprint density at radius 2 is 0.709 bits per heavy atom. The number of hydrogen-bond acceptors (Lipinski definition) is 9. The minimum atomic E-state index is -0.868. The van der Waals surface area contributed by atoms with Gasteiger partial charge in [-0.15, -0.1) is 0 Å². The van der Waals surface area contributed by atoms with Crippen LogP contribution in [0.4, 0.5) is 0 Å². The van der Waals surface area contributed by atoms with Gasteiger partial charge in [0.2, 0.25) is 0 Å². The molecule has 5 aromatic carbocycles. The van der Waals surface area contributed by atoms with E-state index in [2.05, 4.69) is 0 Å². The number of benzene rings is 5. The first kappa shape index (κ1) is 39.0. The largest absolute Gasteiger partial charge is 0.374 e. The zero-order chi connectivity index (χ0) is 37.5. The Bertz CT molecular complexity index is 1780. The van der Waals surface area contributed by atoms with E-state index in [9.17, 15) is 0 Å². The molecule has 5 aromatic rings. The molecule has 0 saturated carbocycles. The average Bonchev–Trinajstić information content (AvgIpc) is 3.75. The molecule has 55 heavy (non-hydrogen) atoms.